The molecule has 0 bridgehead atoms. The van der Waals surface area contributed by atoms with Crippen molar-refractivity contribution >= 4 is 11.5 Å². The van der Waals surface area contributed by atoms with Gasteiger partial charge in [0.25, 0.3) is 0 Å². The molecule has 0 heterocycles. The maximum atomic E-state index is 11.2. The molecule has 0 saturated heterocycles. The van der Waals surface area contributed by atoms with Crippen LogP contribution in [0.1, 0.15) is 50.4 Å². The topological polar surface area (TPSA) is 29.1 Å². The van der Waals surface area contributed by atoms with Crippen LogP contribution in [0.4, 0.5) is 5.69 Å². The monoisotopic (exact) mass is 231 g/mol. The Morgan fingerprint density at radius 2 is 1.94 bits per heavy atom. The van der Waals surface area contributed by atoms with Crippen molar-refractivity contribution in [1.29, 1.82) is 0 Å². The van der Waals surface area contributed by atoms with Crippen LogP contribution in [0.5, 0.6) is 0 Å². The Labute approximate surface area is 103 Å². The van der Waals surface area contributed by atoms with Gasteiger partial charge in [-0.25, -0.2) is 0 Å². The maximum absolute atomic E-state index is 11.2. The molecule has 1 aromatic carbocycles. The van der Waals surface area contributed by atoms with Gasteiger partial charge in [-0.2, -0.15) is 0 Å². The average molecular weight is 231 g/mol. The van der Waals surface area contributed by atoms with Crippen molar-refractivity contribution in [3.63, 3.8) is 0 Å². The normalized spacial score (nSPS) is 22.4. The predicted molar refractivity (Wildman–Crippen MR) is 71.5 cm³/mol. The highest BCUT2D eigenvalue weighted by Crippen LogP contribution is 2.38. The third-order valence-corrected chi connectivity index (χ3v) is 3.63. The molecule has 1 aliphatic carbocycles. The van der Waals surface area contributed by atoms with E-state index < -0.39 is 0 Å². The number of Topliss-reactive ketones (excluding diaryl/α,β-unsaturated/α-hetero) is 1. The fourth-order valence-electron chi connectivity index (χ4n) is 2.60. The highest BCUT2D eigenvalue weighted by atomic mass is 16.1. The van der Waals surface area contributed by atoms with Gasteiger partial charge >= 0.3 is 0 Å². The van der Waals surface area contributed by atoms with E-state index in [-0.39, 0.29) is 5.78 Å². The Balaban J connectivity index is 1.98. The number of ketones is 1. The summed E-state index contributed by atoms with van der Waals surface area (Å²) in [6.45, 7) is 6.25. The first kappa shape index (κ1) is 12.2. The minimum atomic E-state index is 0.124. The molecule has 1 unspecified atom stereocenters. The molecular formula is C15H21NO. The molecule has 0 aromatic heterocycles. The molecule has 0 aliphatic heterocycles. The lowest BCUT2D eigenvalue weighted by Crippen LogP contribution is -2.17. The van der Waals surface area contributed by atoms with E-state index in [0.717, 1.165) is 11.3 Å². The summed E-state index contributed by atoms with van der Waals surface area (Å²) in [6.07, 6.45) is 3.75. The zero-order chi connectivity index (χ0) is 12.5. The van der Waals surface area contributed by atoms with Crippen molar-refractivity contribution < 1.29 is 4.79 Å². The van der Waals surface area contributed by atoms with Crippen LogP contribution >= 0.6 is 0 Å². The summed E-state index contributed by atoms with van der Waals surface area (Å²) in [5, 5.41) is 3.55. The fraction of sp³-hybridized carbons (Fsp3) is 0.533. The van der Waals surface area contributed by atoms with E-state index >= 15 is 0 Å². The van der Waals surface area contributed by atoms with Gasteiger partial charge in [-0.1, -0.05) is 13.8 Å². The Kier molecular flexibility index (Phi) is 3.23. The van der Waals surface area contributed by atoms with Crippen LogP contribution in [-0.4, -0.2) is 11.8 Å². The van der Waals surface area contributed by atoms with Gasteiger partial charge in [0, 0.05) is 17.3 Å². The fourth-order valence-corrected chi connectivity index (χ4v) is 2.60. The summed E-state index contributed by atoms with van der Waals surface area (Å²) in [7, 11) is 0. The standard InChI is InChI=1S/C15H21NO/c1-11(17)12-4-6-13(7-5-12)16-14-8-9-15(2,3)10-14/h4-7,14,16H,8-10H2,1-3H3. The maximum Gasteiger partial charge on any atom is 0.159 e. The lowest BCUT2D eigenvalue weighted by atomic mass is 9.92. The largest absolute Gasteiger partial charge is 0.382 e. The molecule has 1 atom stereocenters. The van der Waals surface area contributed by atoms with Gasteiger partial charge in [-0.3, -0.25) is 4.79 Å². The van der Waals surface area contributed by atoms with E-state index in [2.05, 4.69) is 19.2 Å². The van der Waals surface area contributed by atoms with E-state index in [1.807, 2.05) is 24.3 Å². The lowest BCUT2D eigenvalue weighted by molar-refractivity contribution is 0.101. The molecule has 17 heavy (non-hydrogen) atoms. The van der Waals surface area contributed by atoms with Crippen LogP contribution in [-0.2, 0) is 0 Å². The summed E-state index contributed by atoms with van der Waals surface area (Å²) in [6, 6.07) is 8.37. The summed E-state index contributed by atoms with van der Waals surface area (Å²) in [5.74, 6) is 0.124. The van der Waals surface area contributed by atoms with Crippen LogP contribution in [0.2, 0.25) is 0 Å². The number of benzene rings is 1. The quantitative estimate of drug-likeness (QED) is 0.800. The second-order valence-electron chi connectivity index (χ2n) is 5.88. The highest BCUT2D eigenvalue weighted by Gasteiger charge is 2.30. The first-order chi connectivity index (χ1) is 7.96. The van der Waals surface area contributed by atoms with E-state index in [1.54, 1.807) is 6.92 Å². The highest BCUT2D eigenvalue weighted by molar-refractivity contribution is 5.94. The van der Waals surface area contributed by atoms with Gasteiger partial charge < -0.3 is 5.32 Å². The first-order valence-electron chi connectivity index (χ1n) is 6.34. The van der Waals surface area contributed by atoms with Gasteiger partial charge in [0.05, 0.1) is 0 Å². The van der Waals surface area contributed by atoms with Crippen LogP contribution in [0.15, 0.2) is 24.3 Å². The molecule has 2 nitrogen and oxygen atoms in total. The zero-order valence-corrected chi connectivity index (χ0v) is 10.9. The molecular weight excluding hydrogens is 210 g/mol. The Morgan fingerprint density at radius 1 is 1.29 bits per heavy atom. The molecule has 0 spiro atoms. The Morgan fingerprint density at radius 3 is 2.41 bits per heavy atom. The van der Waals surface area contributed by atoms with Crippen molar-refractivity contribution in [3.8, 4) is 0 Å². The first-order valence-corrected chi connectivity index (χ1v) is 6.34. The van der Waals surface area contributed by atoms with Gasteiger partial charge in [-0.05, 0) is 55.9 Å². The SMILES string of the molecule is CC(=O)c1ccc(NC2CCC(C)(C)C2)cc1. The van der Waals surface area contributed by atoms with Crippen molar-refractivity contribution in [1.82, 2.24) is 0 Å². The predicted octanol–water partition coefficient (Wildman–Crippen LogP) is 3.88. The van der Waals surface area contributed by atoms with Crippen molar-refractivity contribution in [3.05, 3.63) is 29.8 Å². The van der Waals surface area contributed by atoms with E-state index in [0.29, 0.717) is 11.5 Å². The number of hydrogen-bond donors (Lipinski definition) is 1. The summed E-state index contributed by atoms with van der Waals surface area (Å²) >= 11 is 0. The van der Waals surface area contributed by atoms with Crippen LogP contribution in [0, 0.1) is 5.41 Å². The van der Waals surface area contributed by atoms with E-state index in [9.17, 15) is 4.79 Å². The molecule has 1 fully saturated rings. The summed E-state index contributed by atoms with van der Waals surface area (Å²) in [5.41, 5.74) is 2.37. The van der Waals surface area contributed by atoms with Gasteiger partial charge in [0.1, 0.15) is 0 Å². The lowest BCUT2D eigenvalue weighted by Gasteiger charge is -2.18. The third kappa shape index (κ3) is 3.09. The Hall–Kier alpha value is -1.31. The van der Waals surface area contributed by atoms with Crippen molar-refractivity contribution in [2.75, 3.05) is 5.32 Å². The second kappa shape index (κ2) is 4.52. The van der Waals surface area contributed by atoms with E-state index in [1.165, 1.54) is 19.3 Å². The molecule has 1 aromatic rings. The molecule has 1 aliphatic rings. The van der Waals surface area contributed by atoms with Gasteiger partial charge in [-0.15, -0.1) is 0 Å². The molecule has 2 heteroatoms. The van der Waals surface area contributed by atoms with Gasteiger partial charge in [0.2, 0.25) is 0 Å². The minimum Gasteiger partial charge on any atom is -0.382 e. The number of carbonyl (C=O) groups excluding carboxylic acids is 1. The van der Waals surface area contributed by atoms with E-state index in [4.69, 9.17) is 0 Å². The zero-order valence-electron chi connectivity index (χ0n) is 10.9. The second-order valence-corrected chi connectivity index (χ2v) is 5.88. The third-order valence-electron chi connectivity index (χ3n) is 3.63. The summed E-state index contributed by atoms with van der Waals surface area (Å²) in [4.78, 5) is 11.2. The summed E-state index contributed by atoms with van der Waals surface area (Å²) < 4.78 is 0. The van der Waals surface area contributed by atoms with Crippen molar-refractivity contribution in [2.45, 2.75) is 46.1 Å². The number of nitrogens with one attached hydrogen (secondary N) is 1. The molecule has 0 radical (unpaired) electrons. The molecule has 1 N–H and O–H groups in total. The number of carbonyl (C=O) groups is 1. The molecule has 1 saturated carbocycles. The minimum absolute atomic E-state index is 0.124. The average Bonchev–Trinajstić information content (AvgIpc) is 2.59. The number of anilines is 1. The number of hydrogen-bond acceptors (Lipinski definition) is 2. The molecule has 2 rings (SSSR count). The Bertz CT molecular complexity index is 405. The van der Waals surface area contributed by atoms with Crippen LogP contribution in [0.3, 0.4) is 0 Å². The molecule has 0 amide bonds. The smallest absolute Gasteiger partial charge is 0.159 e. The van der Waals surface area contributed by atoms with Crippen LogP contribution in [0.25, 0.3) is 0 Å². The molecule has 92 valence electrons. The van der Waals surface area contributed by atoms with Gasteiger partial charge in [0.15, 0.2) is 5.78 Å². The van der Waals surface area contributed by atoms with Crippen LogP contribution < -0.4 is 5.32 Å². The number of rotatable bonds is 3. The van der Waals surface area contributed by atoms with Crippen molar-refractivity contribution in [2.24, 2.45) is 5.41 Å².